The fraction of sp³-hybridized carbons (Fsp3) is 0.692. The quantitative estimate of drug-likeness (QED) is 0.824. The Balaban J connectivity index is 2.02. The second kappa shape index (κ2) is 5.52. The number of rotatable bonds is 6. The fourth-order valence-electron chi connectivity index (χ4n) is 1.95. The molecule has 1 saturated carbocycles. The van der Waals surface area contributed by atoms with Crippen LogP contribution in [0, 0.1) is 0 Å². The summed E-state index contributed by atoms with van der Waals surface area (Å²) in [6.45, 7) is 5.43. The van der Waals surface area contributed by atoms with E-state index in [9.17, 15) is 4.79 Å². The lowest BCUT2D eigenvalue weighted by Gasteiger charge is -2.22. The molecule has 0 radical (unpaired) electrons. The monoisotopic (exact) mass is 250 g/mol. The zero-order valence-corrected chi connectivity index (χ0v) is 11.4. The van der Waals surface area contributed by atoms with Gasteiger partial charge in [-0.05, 0) is 26.7 Å². The largest absolute Gasteiger partial charge is 0.344 e. The van der Waals surface area contributed by atoms with Crippen LogP contribution >= 0.6 is 0 Å². The van der Waals surface area contributed by atoms with Crippen LogP contribution in [-0.2, 0) is 11.3 Å². The zero-order valence-electron chi connectivity index (χ0n) is 11.4. The van der Waals surface area contributed by atoms with Gasteiger partial charge < -0.3 is 14.8 Å². The highest BCUT2D eigenvalue weighted by Crippen LogP contribution is 2.20. The van der Waals surface area contributed by atoms with Gasteiger partial charge in [0, 0.05) is 32.4 Å². The zero-order chi connectivity index (χ0) is 13.1. The summed E-state index contributed by atoms with van der Waals surface area (Å²) in [7, 11) is 1.83. The molecule has 1 aromatic heterocycles. The summed E-state index contributed by atoms with van der Waals surface area (Å²) in [6, 6.07) is 0.478. The average Bonchev–Trinajstić information content (AvgIpc) is 3.10. The molecule has 0 aromatic carbocycles. The van der Waals surface area contributed by atoms with Crippen molar-refractivity contribution >= 4 is 5.91 Å². The molecule has 18 heavy (non-hydrogen) atoms. The van der Waals surface area contributed by atoms with Crippen LogP contribution in [0.1, 0.15) is 38.4 Å². The molecule has 1 heterocycles. The number of nitrogens with zero attached hydrogens (tertiary/aromatic N) is 3. The van der Waals surface area contributed by atoms with Crippen LogP contribution in [0.2, 0.25) is 0 Å². The van der Waals surface area contributed by atoms with Crippen molar-refractivity contribution in [2.45, 2.75) is 45.3 Å². The van der Waals surface area contributed by atoms with Crippen LogP contribution in [-0.4, -0.2) is 40.0 Å². The molecular weight excluding hydrogens is 228 g/mol. The third kappa shape index (κ3) is 2.90. The van der Waals surface area contributed by atoms with Crippen molar-refractivity contribution < 1.29 is 4.79 Å². The molecule has 0 spiro atoms. The number of hydrogen-bond acceptors (Lipinski definition) is 3. The lowest BCUT2D eigenvalue weighted by molar-refractivity contribution is -0.132. The second-order valence-electron chi connectivity index (χ2n) is 4.98. The van der Waals surface area contributed by atoms with Gasteiger partial charge in [-0.3, -0.25) is 4.79 Å². The first kappa shape index (κ1) is 13.1. The summed E-state index contributed by atoms with van der Waals surface area (Å²) in [5, 5.41) is 3.45. The Bertz CT molecular complexity index is 411. The predicted molar refractivity (Wildman–Crippen MR) is 70.1 cm³/mol. The van der Waals surface area contributed by atoms with Gasteiger partial charge in [-0.25, -0.2) is 4.98 Å². The summed E-state index contributed by atoms with van der Waals surface area (Å²) in [5.41, 5.74) is 1.08. The first-order valence-electron chi connectivity index (χ1n) is 6.62. The highest BCUT2D eigenvalue weighted by molar-refractivity contribution is 5.79. The molecule has 1 N–H and O–H groups in total. The number of hydrogen-bond donors (Lipinski definition) is 1. The number of carbonyl (C=O) groups excluding carboxylic acids is 1. The Morgan fingerprint density at radius 3 is 3.00 bits per heavy atom. The topological polar surface area (TPSA) is 50.2 Å². The maximum atomic E-state index is 12.1. The van der Waals surface area contributed by atoms with Crippen molar-refractivity contribution in [3.8, 4) is 0 Å². The number of imidazole rings is 1. The van der Waals surface area contributed by atoms with Crippen molar-refractivity contribution in [1.29, 1.82) is 0 Å². The van der Waals surface area contributed by atoms with Gasteiger partial charge in [-0.2, -0.15) is 0 Å². The number of amides is 1. The molecule has 0 bridgehead atoms. The third-order valence-corrected chi connectivity index (χ3v) is 3.52. The van der Waals surface area contributed by atoms with E-state index in [-0.39, 0.29) is 11.9 Å². The highest BCUT2D eigenvalue weighted by atomic mass is 16.2. The minimum Gasteiger partial charge on any atom is -0.344 e. The Labute approximate surface area is 108 Å². The van der Waals surface area contributed by atoms with Gasteiger partial charge in [0.25, 0.3) is 0 Å². The molecule has 1 amide bonds. The van der Waals surface area contributed by atoms with Crippen LogP contribution < -0.4 is 5.32 Å². The minimum absolute atomic E-state index is 0.128. The predicted octanol–water partition coefficient (Wildman–Crippen LogP) is 1.17. The summed E-state index contributed by atoms with van der Waals surface area (Å²) < 4.78 is 1.96. The molecule has 1 atom stereocenters. The van der Waals surface area contributed by atoms with Gasteiger partial charge in [0.1, 0.15) is 6.04 Å². The fourth-order valence-corrected chi connectivity index (χ4v) is 1.95. The Kier molecular flexibility index (Phi) is 4.01. The average molecular weight is 250 g/mol. The Morgan fingerprint density at radius 2 is 2.39 bits per heavy atom. The SMILES string of the molecule is CCN(C)C(=O)C(C)n1cncc1CNC1CC1. The normalized spacial score (nSPS) is 16.6. The summed E-state index contributed by atoms with van der Waals surface area (Å²) in [5.74, 6) is 0.128. The van der Waals surface area contributed by atoms with E-state index in [1.165, 1.54) is 12.8 Å². The van der Waals surface area contributed by atoms with Gasteiger partial charge in [0.05, 0.1) is 12.0 Å². The van der Waals surface area contributed by atoms with E-state index in [2.05, 4.69) is 10.3 Å². The first-order chi connectivity index (χ1) is 8.63. The van der Waals surface area contributed by atoms with Crippen molar-refractivity contribution in [3.05, 3.63) is 18.2 Å². The molecule has 1 aliphatic rings. The lowest BCUT2D eigenvalue weighted by atomic mass is 10.2. The number of aromatic nitrogens is 2. The third-order valence-electron chi connectivity index (χ3n) is 3.52. The van der Waals surface area contributed by atoms with E-state index < -0.39 is 0 Å². The molecule has 2 rings (SSSR count). The second-order valence-corrected chi connectivity index (χ2v) is 4.98. The maximum absolute atomic E-state index is 12.1. The first-order valence-corrected chi connectivity index (χ1v) is 6.62. The maximum Gasteiger partial charge on any atom is 0.245 e. The Morgan fingerprint density at radius 1 is 1.67 bits per heavy atom. The van der Waals surface area contributed by atoms with Crippen LogP contribution in [0.5, 0.6) is 0 Å². The van der Waals surface area contributed by atoms with Crippen LogP contribution in [0.4, 0.5) is 0 Å². The lowest BCUT2D eigenvalue weighted by Crippen LogP contribution is -2.33. The molecule has 1 fully saturated rings. The van der Waals surface area contributed by atoms with Crippen molar-refractivity contribution in [2.24, 2.45) is 0 Å². The van der Waals surface area contributed by atoms with Crippen molar-refractivity contribution in [3.63, 3.8) is 0 Å². The molecule has 5 nitrogen and oxygen atoms in total. The van der Waals surface area contributed by atoms with Crippen molar-refractivity contribution in [1.82, 2.24) is 19.8 Å². The Hall–Kier alpha value is -1.36. The van der Waals surface area contributed by atoms with Crippen LogP contribution in [0.3, 0.4) is 0 Å². The van der Waals surface area contributed by atoms with E-state index in [4.69, 9.17) is 0 Å². The molecule has 100 valence electrons. The summed E-state index contributed by atoms with van der Waals surface area (Å²) in [6.07, 6.45) is 6.11. The van der Waals surface area contributed by atoms with Crippen LogP contribution in [0.25, 0.3) is 0 Å². The summed E-state index contributed by atoms with van der Waals surface area (Å²) in [4.78, 5) is 18.0. The van der Waals surface area contributed by atoms with Gasteiger partial charge in [0.15, 0.2) is 0 Å². The van der Waals surface area contributed by atoms with Crippen molar-refractivity contribution in [2.75, 3.05) is 13.6 Å². The van der Waals surface area contributed by atoms with E-state index in [1.54, 1.807) is 11.2 Å². The van der Waals surface area contributed by atoms with Gasteiger partial charge in [-0.15, -0.1) is 0 Å². The minimum atomic E-state index is -0.187. The molecule has 1 aromatic rings. The molecule has 0 saturated heterocycles. The van der Waals surface area contributed by atoms with Gasteiger partial charge in [-0.1, -0.05) is 0 Å². The summed E-state index contributed by atoms with van der Waals surface area (Å²) >= 11 is 0. The highest BCUT2D eigenvalue weighted by Gasteiger charge is 2.23. The van der Waals surface area contributed by atoms with Gasteiger partial charge >= 0.3 is 0 Å². The molecule has 1 aliphatic carbocycles. The van der Waals surface area contributed by atoms with Gasteiger partial charge in [0.2, 0.25) is 5.91 Å². The molecule has 5 heteroatoms. The number of carbonyl (C=O) groups is 1. The number of likely N-dealkylation sites (N-methyl/N-ethyl adjacent to an activating group) is 1. The van der Waals surface area contributed by atoms with E-state index >= 15 is 0 Å². The number of nitrogens with one attached hydrogen (secondary N) is 1. The molecular formula is C13H22N4O. The molecule has 0 aliphatic heterocycles. The standard InChI is InChI=1S/C13H22N4O/c1-4-16(3)13(18)10(2)17-9-14-7-12(17)8-15-11-5-6-11/h7,9-11,15H,4-6,8H2,1-3H3. The van der Waals surface area contributed by atoms with E-state index in [1.807, 2.05) is 31.7 Å². The molecule has 1 unspecified atom stereocenters. The smallest absolute Gasteiger partial charge is 0.245 e. The van der Waals surface area contributed by atoms with Crippen LogP contribution in [0.15, 0.2) is 12.5 Å². The van der Waals surface area contributed by atoms with E-state index in [0.717, 1.165) is 18.8 Å². The van der Waals surface area contributed by atoms with E-state index in [0.29, 0.717) is 6.04 Å².